The Balaban J connectivity index is 2.58. The first-order chi connectivity index (χ1) is 7.16. The zero-order valence-electron chi connectivity index (χ0n) is 7.74. The summed E-state index contributed by atoms with van der Waals surface area (Å²) >= 11 is 9.23. The Morgan fingerprint density at radius 1 is 1.27 bits per heavy atom. The molecule has 0 radical (unpaired) electrons. The van der Waals surface area contributed by atoms with Gasteiger partial charge in [0.05, 0.1) is 11.9 Å². The zero-order valence-corrected chi connectivity index (χ0v) is 10.1. The summed E-state index contributed by atoms with van der Waals surface area (Å²) < 4.78 is 0.756. The Kier molecular flexibility index (Phi) is 2.93. The number of anilines is 1. The average Bonchev–Trinajstić information content (AvgIpc) is 2.22. The van der Waals surface area contributed by atoms with E-state index in [2.05, 4.69) is 20.9 Å². The Morgan fingerprint density at radius 3 is 2.80 bits per heavy atom. The summed E-state index contributed by atoms with van der Waals surface area (Å²) in [5, 5.41) is 0.694. The van der Waals surface area contributed by atoms with Gasteiger partial charge in [-0.05, 0) is 39.7 Å². The highest BCUT2D eigenvalue weighted by Gasteiger charge is 2.04. The van der Waals surface area contributed by atoms with E-state index < -0.39 is 0 Å². The molecule has 0 bridgehead atoms. The molecular formula is C11H8BrClN2. The van der Waals surface area contributed by atoms with Crippen molar-refractivity contribution in [3.63, 3.8) is 0 Å². The van der Waals surface area contributed by atoms with Gasteiger partial charge in [0.15, 0.2) is 0 Å². The van der Waals surface area contributed by atoms with E-state index in [9.17, 15) is 0 Å². The molecule has 0 aliphatic rings. The van der Waals surface area contributed by atoms with Gasteiger partial charge >= 0.3 is 0 Å². The molecule has 0 unspecified atom stereocenters. The summed E-state index contributed by atoms with van der Waals surface area (Å²) in [6, 6.07) is 9.44. The number of rotatable bonds is 1. The number of hydrogen-bond acceptors (Lipinski definition) is 2. The second-order valence-electron chi connectivity index (χ2n) is 3.10. The van der Waals surface area contributed by atoms with Gasteiger partial charge in [0.2, 0.25) is 0 Å². The number of halogens is 2. The first-order valence-electron chi connectivity index (χ1n) is 4.34. The molecule has 15 heavy (non-hydrogen) atoms. The van der Waals surface area contributed by atoms with E-state index >= 15 is 0 Å². The third-order valence-electron chi connectivity index (χ3n) is 2.04. The number of pyridine rings is 1. The van der Waals surface area contributed by atoms with Crippen molar-refractivity contribution in [3.05, 3.63) is 46.2 Å². The van der Waals surface area contributed by atoms with E-state index in [1.807, 2.05) is 30.3 Å². The lowest BCUT2D eigenvalue weighted by Gasteiger charge is -2.06. The minimum absolute atomic E-state index is 0.639. The number of nitrogens with zero attached hydrogens (tertiary/aromatic N) is 1. The number of aromatic nitrogens is 1. The number of nitrogens with two attached hydrogens (primary N) is 1. The molecule has 2 N–H and O–H groups in total. The molecule has 2 nitrogen and oxygen atoms in total. The molecular weight excluding hydrogens is 275 g/mol. The summed E-state index contributed by atoms with van der Waals surface area (Å²) in [5.74, 6) is 0. The van der Waals surface area contributed by atoms with Crippen LogP contribution in [-0.2, 0) is 0 Å². The predicted molar refractivity (Wildman–Crippen MR) is 66.8 cm³/mol. The molecule has 4 heteroatoms. The fourth-order valence-electron chi connectivity index (χ4n) is 1.35. The second-order valence-corrected chi connectivity index (χ2v) is 4.35. The fraction of sp³-hybridized carbons (Fsp3) is 0. The van der Waals surface area contributed by atoms with Crippen molar-refractivity contribution in [1.29, 1.82) is 0 Å². The van der Waals surface area contributed by atoms with Crippen LogP contribution in [0.1, 0.15) is 0 Å². The topological polar surface area (TPSA) is 38.9 Å². The SMILES string of the molecule is Nc1cnc(Br)cc1-c1cccc(Cl)c1. The monoisotopic (exact) mass is 282 g/mol. The quantitative estimate of drug-likeness (QED) is 0.810. The number of benzene rings is 1. The van der Waals surface area contributed by atoms with Gasteiger partial charge in [-0.15, -0.1) is 0 Å². The number of hydrogen-bond donors (Lipinski definition) is 1. The van der Waals surface area contributed by atoms with Crippen molar-refractivity contribution < 1.29 is 0 Å². The minimum atomic E-state index is 0.639. The van der Waals surface area contributed by atoms with E-state index in [1.54, 1.807) is 6.20 Å². The van der Waals surface area contributed by atoms with Crippen LogP contribution in [0.5, 0.6) is 0 Å². The van der Waals surface area contributed by atoms with E-state index in [-0.39, 0.29) is 0 Å². The van der Waals surface area contributed by atoms with Crippen LogP contribution in [0, 0.1) is 0 Å². The first-order valence-corrected chi connectivity index (χ1v) is 5.51. The number of nitrogen functional groups attached to an aromatic ring is 1. The molecule has 0 atom stereocenters. The molecule has 2 rings (SSSR count). The standard InChI is InChI=1S/C11H8BrClN2/c12-11-5-9(10(14)6-15-11)7-2-1-3-8(13)4-7/h1-6H,14H2. The van der Waals surface area contributed by atoms with Crippen molar-refractivity contribution in [2.45, 2.75) is 0 Å². The van der Waals surface area contributed by atoms with Crippen molar-refractivity contribution in [3.8, 4) is 11.1 Å². The van der Waals surface area contributed by atoms with E-state index in [4.69, 9.17) is 17.3 Å². The van der Waals surface area contributed by atoms with Crippen LogP contribution < -0.4 is 5.73 Å². The summed E-state index contributed by atoms with van der Waals surface area (Å²) in [5.41, 5.74) is 8.40. The van der Waals surface area contributed by atoms with E-state index in [1.165, 1.54) is 0 Å². The van der Waals surface area contributed by atoms with Gasteiger partial charge in [-0.25, -0.2) is 4.98 Å². The zero-order chi connectivity index (χ0) is 10.8. The minimum Gasteiger partial charge on any atom is -0.397 e. The molecule has 0 amide bonds. The van der Waals surface area contributed by atoms with Crippen molar-refractivity contribution in [1.82, 2.24) is 4.98 Å². The highest BCUT2D eigenvalue weighted by Crippen LogP contribution is 2.29. The van der Waals surface area contributed by atoms with Crippen molar-refractivity contribution >= 4 is 33.2 Å². The molecule has 0 aliphatic carbocycles. The van der Waals surface area contributed by atoms with E-state index in [0.717, 1.165) is 15.7 Å². The Morgan fingerprint density at radius 2 is 2.07 bits per heavy atom. The molecule has 2 aromatic rings. The molecule has 0 spiro atoms. The summed E-state index contributed by atoms with van der Waals surface area (Å²) in [7, 11) is 0. The van der Waals surface area contributed by atoms with Crippen LogP contribution in [0.25, 0.3) is 11.1 Å². The summed E-state index contributed by atoms with van der Waals surface area (Å²) in [6.45, 7) is 0. The van der Waals surface area contributed by atoms with Gasteiger partial charge in [-0.2, -0.15) is 0 Å². The van der Waals surface area contributed by atoms with Crippen LogP contribution in [0.15, 0.2) is 41.1 Å². The van der Waals surface area contributed by atoms with Gasteiger partial charge in [-0.1, -0.05) is 23.7 Å². The maximum atomic E-state index is 5.92. The third kappa shape index (κ3) is 2.30. The largest absolute Gasteiger partial charge is 0.397 e. The van der Waals surface area contributed by atoms with Crippen molar-refractivity contribution in [2.75, 3.05) is 5.73 Å². The van der Waals surface area contributed by atoms with E-state index in [0.29, 0.717) is 10.7 Å². The molecule has 76 valence electrons. The summed E-state index contributed by atoms with van der Waals surface area (Å²) in [4.78, 5) is 4.05. The Bertz CT molecular complexity index is 500. The fourth-order valence-corrected chi connectivity index (χ4v) is 1.87. The van der Waals surface area contributed by atoms with Crippen LogP contribution >= 0.6 is 27.5 Å². The molecule has 0 fully saturated rings. The van der Waals surface area contributed by atoms with Gasteiger partial charge in [0.1, 0.15) is 4.60 Å². The van der Waals surface area contributed by atoms with Crippen LogP contribution in [0.2, 0.25) is 5.02 Å². The van der Waals surface area contributed by atoms with Crippen LogP contribution in [-0.4, -0.2) is 4.98 Å². The maximum Gasteiger partial charge on any atom is 0.106 e. The maximum absolute atomic E-state index is 5.92. The molecule has 0 saturated heterocycles. The van der Waals surface area contributed by atoms with Gasteiger partial charge in [0.25, 0.3) is 0 Å². The molecule has 1 heterocycles. The summed E-state index contributed by atoms with van der Waals surface area (Å²) in [6.07, 6.45) is 1.63. The van der Waals surface area contributed by atoms with Gasteiger partial charge in [0, 0.05) is 10.6 Å². The Hall–Kier alpha value is -1.06. The van der Waals surface area contributed by atoms with Crippen LogP contribution in [0.4, 0.5) is 5.69 Å². The highest BCUT2D eigenvalue weighted by atomic mass is 79.9. The second kappa shape index (κ2) is 4.21. The van der Waals surface area contributed by atoms with Crippen molar-refractivity contribution in [2.24, 2.45) is 0 Å². The van der Waals surface area contributed by atoms with Gasteiger partial charge < -0.3 is 5.73 Å². The smallest absolute Gasteiger partial charge is 0.106 e. The third-order valence-corrected chi connectivity index (χ3v) is 2.71. The highest BCUT2D eigenvalue weighted by molar-refractivity contribution is 9.10. The molecule has 0 saturated carbocycles. The van der Waals surface area contributed by atoms with Crippen LogP contribution in [0.3, 0.4) is 0 Å². The lowest BCUT2D eigenvalue weighted by atomic mass is 10.1. The predicted octanol–water partition coefficient (Wildman–Crippen LogP) is 3.75. The molecule has 0 aliphatic heterocycles. The first kappa shape index (κ1) is 10.5. The molecule has 1 aromatic heterocycles. The molecule has 1 aromatic carbocycles. The lowest BCUT2D eigenvalue weighted by molar-refractivity contribution is 1.28. The Labute approximate surface area is 101 Å². The lowest BCUT2D eigenvalue weighted by Crippen LogP contribution is -1.91. The average molecular weight is 284 g/mol. The van der Waals surface area contributed by atoms with Gasteiger partial charge in [-0.3, -0.25) is 0 Å². The normalized spacial score (nSPS) is 10.3.